The van der Waals surface area contributed by atoms with Crippen molar-refractivity contribution in [1.29, 1.82) is 0 Å². The predicted octanol–water partition coefficient (Wildman–Crippen LogP) is 1.85. The van der Waals surface area contributed by atoms with Crippen LogP contribution in [0.2, 0.25) is 0 Å². The van der Waals surface area contributed by atoms with Crippen molar-refractivity contribution in [2.24, 2.45) is 0 Å². The largest absolute Gasteiger partial charge is 0.399 e. The molecule has 1 aromatic heterocycles. The second kappa shape index (κ2) is 6.93. The summed E-state index contributed by atoms with van der Waals surface area (Å²) in [6, 6.07) is 5.15. The number of aromatic amines is 1. The molecule has 0 saturated carbocycles. The van der Waals surface area contributed by atoms with Crippen molar-refractivity contribution >= 4 is 26.6 Å². The molecular weight excluding hydrogens is 290 g/mol. The molecule has 116 valence electrons. The van der Waals surface area contributed by atoms with E-state index in [4.69, 9.17) is 10.5 Å². The average molecular weight is 311 g/mol. The third-order valence-corrected chi connectivity index (χ3v) is 4.56. The molecule has 0 amide bonds. The molecule has 1 heterocycles. The van der Waals surface area contributed by atoms with Gasteiger partial charge in [0.1, 0.15) is 4.90 Å². The van der Waals surface area contributed by atoms with E-state index < -0.39 is 10.0 Å². The van der Waals surface area contributed by atoms with E-state index >= 15 is 0 Å². The second-order valence-corrected chi connectivity index (χ2v) is 6.56. The average Bonchev–Trinajstić information content (AvgIpc) is 2.86. The lowest BCUT2D eigenvalue weighted by Gasteiger charge is -2.06. The highest BCUT2D eigenvalue weighted by Gasteiger charge is 2.18. The molecule has 0 atom stereocenters. The summed E-state index contributed by atoms with van der Waals surface area (Å²) in [5, 5.41) is 0.602. The molecule has 0 bridgehead atoms. The van der Waals surface area contributed by atoms with Crippen LogP contribution in [0.15, 0.2) is 29.3 Å². The summed E-state index contributed by atoms with van der Waals surface area (Å²) in [7, 11) is -3.55. The summed E-state index contributed by atoms with van der Waals surface area (Å²) in [5.41, 5.74) is 7.00. The first-order valence-electron chi connectivity index (χ1n) is 6.98. The van der Waals surface area contributed by atoms with Crippen molar-refractivity contribution in [2.45, 2.75) is 24.7 Å². The van der Waals surface area contributed by atoms with Gasteiger partial charge in [0.25, 0.3) is 0 Å². The Labute approximate surface area is 124 Å². The smallest absolute Gasteiger partial charge is 0.242 e. The van der Waals surface area contributed by atoms with Gasteiger partial charge in [0.2, 0.25) is 10.0 Å². The fraction of sp³-hybridized carbons (Fsp3) is 0.429. The van der Waals surface area contributed by atoms with E-state index in [0.717, 1.165) is 11.9 Å². The molecule has 0 unspecified atom stereocenters. The number of ether oxygens (including phenoxy) is 1. The number of fused-ring (bicyclic) bond motifs is 1. The molecule has 0 saturated heterocycles. The molecule has 4 N–H and O–H groups in total. The van der Waals surface area contributed by atoms with Gasteiger partial charge in [0, 0.05) is 42.5 Å². The van der Waals surface area contributed by atoms with Crippen LogP contribution in [0.1, 0.15) is 19.8 Å². The number of nitrogens with two attached hydrogens (primary N) is 1. The molecule has 0 spiro atoms. The Kier molecular flexibility index (Phi) is 5.22. The van der Waals surface area contributed by atoms with Crippen LogP contribution in [0.5, 0.6) is 0 Å². The van der Waals surface area contributed by atoms with E-state index in [1.807, 2.05) is 6.92 Å². The van der Waals surface area contributed by atoms with Crippen LogP contribution in [-0.2, 0) is 14.8 Å². The third kappa shape index (κ3) is 3.96. The van der Waals surface area contributed by atoms with Crippen LogP contribution >= 0.6 is 0 Å². The predicted molar refractivity (Wildman–Crippen MR) is 83.6 cm³/mol. The van der Waals surface area contributed by atoms with Crippen LogP contribution in [0.25, 0.3) is 10.9 Å². The zero-order valence-corrected chi connectivity index (χ0v) is 12.9. The van der Waals surface area contributed by atoms with Gasteiger partial charge in [0.15, 0.2) is 0 Å². The SMILES string of the molecule is CCCOCCCNS(=O)(=O)c1c[nH]c2ccc(N)cc12. The Bertz CT molecular complexity index is 695. The van der Waals surface area contributed by atoms with E-state index in [1.54, 1.807) is 18.2 Å². The topological polar surface area (TPSA) is 97.2 Å². The van der Waals surface area contributed by atoms with Gasteiger partial charge in [-0.05, 0) is 31.0 Å². The van der Waals surface area contributed by atoms with E-state index in [9.17, 15) is 8.42 Å². The number of hydrogen-bond acceptors (Lipinski definition) is 4. The van der Waals surface area contributed by atoms with Crippen molar-refractivity contribution in [1.82, 2.24) is 9.71 Å². The van der Waals surface area contributed by atoms with Gasteiger partial charge in [0.05, 0.1) is 0 Å². The summed E-state index contributed by atoms with van der Waals surface area (Å²) in [5.74, 6) is 0. The molecule has 21 heavy (non-hydrogen) atoms. The summed E-state index contributed by atoms with van der Waals surface area (Å²) in [4.78, 5) is 3.16. The van der Waals surface area contributed by atoms with Gasteiger partial charge in [-0.25, -0.2) is 13.1 Å². The van der Waals surface area contributed by atoms with Crippen molar-refractivity contribution in [3.05, 3.63) is 24.4 Å². The van der Waals surface area contributed by atoms with Gasteiger partial charge < -0.3 is 15.5 Å². The number of anilines is 1. The lowest BCUT2D eigenvalue weighted by atomic mass is 10.2. The van der Waals surface area contributed by atoms with Gasteiger partial charge in [-0.2, -0.15) is 0 Å². The summed E-state index contributed by atoms with van der Waals surface area (Å²) in [6.45, 7) is 3.64. The van der Waals surface area contributed by atoms with Gasteiger partial charge in [-0.15, -0.1) is 0 Å². The number of hydrogen-bond donors (Lipinski definition) is 3. The molecule has 0 radical (unpaired) electrons. The van der Waals surface area contributed by atoms with Crippen LogP contribution in [-0.4, -0.2) is 33.2 Å². The number of aromatic nitrogens is 1. The Morgan fingerprint density at radius 3 is 2.90 bits per heavy atom. The maximum Gasteiger partial charge on any atom is 0.242 e. The highest BCUT2D eigenvalue weighted by molar-refractivity contribution is 7.89. The molecular formula is C14H21N3O3S. The molecule has 0 aliphatic heterocycles. The molecule has 2 aromatic rings. The number of nitrogen functional groups attached to an aromatic ring is 1. The minimum atomic E-state index is -3.55. The molecule has 6 nitrogen and oxygen atoms in total. The van der Waals surface area contributed by atoms with Gasteiger partial charge in [-0.3, -0.25) is 0 Å². The summed E-state index contributed by atoms with van der Waals surface area (Å²) >= 11 is 0. The normalized spacial score (nSPS) is 12.0. The van der Waals surface area contributed by atoms with Crippen LogP contribution in [0.3, 0.4) is 0 Å². The molecule has 7 heteroatoms. The molecule has 0 fully saturated rings. The zero-order valence-electron chi connectivity index (χ0n) is 12.1. The highest BCUT2D eigenvalue weighted by Crippen LogP contribution is 2.24. The van der Waals surface area contributed by atoms with Crippen LogP contribution in [0, 0.1) is 0 Å². The van der Waals surface area contributed by atoms with Gasteiger partial charge >= 0.3 is 0 Å². The Morgan fingerprint density at radius 2 is 2.14 bits per heavy atom. The van der Waals surface area contributed by atoms with E-state index in [1.165, 1.54) is 6.20 Å². The first-order valence-corrected chi connectivity index (χ1v) is 8.47. The fourth-order valence-corrected chi connectivity index (χ4v) is 3.28. The van der Waals surface area contributed by atoms with Crippen LogP contribution < -0.4 is 10.5 Å². The quantitative estimate of drug-likeness (QED) is 0.512. The maximum absolute atomic E-state index is 12.3. The maximum atomic E-state index is 12.3. The van der Waals surface area contributed by atoms with Gasteiger partial charge in [-0.1, -0.05) is 6.92 Å². The van der Waals surface area contributed by atoms with Crippen molar-refractivity contribution in [3.63, 3.8) is 0 Å². The van der Waals surface area contributed by atoms with Crippen molar-refractivity contribution in [3.8, 4) is 0 Å². The van der Waals surface area contributed by atoms with E-state index in [-0.39, 0.29) is 4.90 Å². The Hall–Kier alpha value is -1.57. The first-order chi connectivity index (χ1) is 10.0. The molecule has 1 aromatic carbocycles. The van der Waals surface area contributed by atoms with Crippen molar-refractivity contribution in [2.75, 3.05) is 25.5 Å². The molecule has 0 aliphatic carbocycles. The number of benzene rings is 1. The van der Waals surface area contributed by atoms with Crippen molar-refractivity contribution < 1.29 is 13.2 Å². The number of rotatable bonds is 8. The van der Waals surface area contributed by atoms with E-state index in [0.29, 0.717) is 37.3 Å². The number of sulfonamides is 1. The molecule has 0 aliphatic rings. The lowest BCUT2D eigenvalue weighted by molar-refractivity contribution is 0.133. The summed E-state index contributed by atoms with van der Waals surface area (Å²) in [6.07, 6.45) is 3.09. The standard InChI is InChI=1S/C14H21N3O3S/c1-2-7-20-8-3-6-17-21(18,19)14-10-16-13-5-4-11(15)9-12(13)14/h4-5,9-10,16-17H,2-3,6-8,15H2,1H3. The highest BCUT2D eigenvalue weighted by atomic mass is 32.2. The minimum absolute atomic E-state index is 0.222. The molecule has 2 rings (SSSR count). The number of nitrogens with one attached hydrogen (secondary N) is 2. The zero-order chi connectivity index (χ0) is 15.3. The Balaban J connectivity index is 2.03. The monoisotopic (exact) mass is 311 g/mol. The first kappa shape index (κ1) is 15.8. The Morgan fingerprint density at radius 1 is 1.33 bits per heavy atom. The van der Waals surface area contributed by atoms with E-state index in [2.05, 4.69) is 9.71 Å². The third-order valence-electron chi connectivity index (χ3n) is 3.06. The lowest BCUT2D eigenvalue weighted by Crippen LogP contribution is -2.25. The fourth-order valence-electron chi connectivity index (χ4n) is 2.04. The summed E-state index contributed by atoms with van der Waals surface area (Å²) < 4.78 is 32.5. The number of H-pyrrole nitrogens is 1. The minimum Gasteiger partial charge on any atom is -0.399 e. The second-order valence-electron chi connectivity index (χ2n) is 4.82. The van der Waals surface area contributed by atoms with Crippen LogP contribution in [0.4, 0.5) is 5.69 Å².